The predicted molar refractivity (Wildman–Crippen MR) is 92.2 cm³/mol. The number of halogens is 1. The Hall–Kier alpha value is -2.42. The van der Waals surface area contributed by atoms with Gasteiger partial charge in [0.05, 0.1) is 0 Å². The van der Waals surface area contributed by atoms with Gasteiger partial charge in [-0.3, -0.25) is 4.79 Å². The minimum absolute atomic E-state index is 0.134. The molecule has 2 aliphatic rings. The van der Waals surface area contributed by atoms with Gasteiger partial charge in [0.15, 0.2) is 5.78 Å². The second-order valence-electron chi connectivity index (χ2n) is 6.81. The molecule has 2 aliphatic carbocycles. The van der Waals surface area contributed by atoms with Crippen molar-refractivity contribution < 1.29 is 9.18 Å². The average molecular weight is 321 g/mol. The van der Waals surface area contributed by atoms with Crippen molar-refractivity contribution in [2.24, 2.45) is 0 Å². The molecule has 0 spiro atoms. The van der Waals surface area contributed by atoms with Gasteiger partial charge in [0.25, 0.3) is 0 Å². The van der Waals surface area contributed by atoms with Crippen molar-refractivity contribution in [3.8, 4) is 0 Å². The molecule has 0 radical (unpaired) electrons. The third-order valence-corrected chi connectivity index (χ3v) is 5.03. The Morgan fingerprint density at radius 2 is 1.54 bits per heavy atom. The lowest BCUT2D eigenvalue weighted by Crippen LogP contribution is -2.32. The van der Waals surface area contributed by atoms with Crippen LogP contribution in [0.2, 0.25) is 0 Å². The van der Waals surface area contributed by atoms with E-state index in [-0.39, 0.29) is 17.5 Å². The number of allylic oxidation sites excluding steroid dienone is 2. The molecule has 24 heavy (non-hydrogen) atoms. The van der Waals surface area contributed by atoms with E-state index in [1.165, 1.54) is 23.3 Å². The SMILES string of the molecule is O=C1C=C(NC2Cc3ccccc3C2)CC(c2ccc(F)cc2)C1. The maximum atomic E-state index is 13.1. The first-order valence-corrected chi connectivity index (χ1v) is 8.49. The van der Waals surface area contributed by atoms with Crippen LogP contribution in [0.1, 0.15) is 35.4 Å². The normalized spacial score (nSPS) is 20.6. The zero-order chi connectivity index (χ0) is 16.5. The number of carbonyl (C=O) groups excluding carboxylic acids is 1. The Balaban J connectivity index is 1.46. The maximum Gasteiger partial charge on any atom is 0.158 e. The van der Waals surface area contributed by atoms with E-state index >= 15 is 0 Å². The number of ketones is 1. The summed E-state index contributed by atoms with van der Waals surface area (Å²) < 4.78 is 13.1. The molecule has 0 heterocycles. The number of nitrogens with one attached hydrogen (secondary N) is 1. The summed E-state index contributed by atoms with van der Waals surface area (Å²) in [7, 11) is 0. The van der Waals surface area contributed by atoms with Gasteiger partial charge < -0.3 is 5.32 Å². The maximum absolute atomic E-state index is 13.1. The lowest BCUT2D eigenvalue weighted by atomic mass is 9.85. The van der Waals surface area contributed by atoms with E-state index in [1.54, 1.807) is 18.2 Å². The fourth-order valence-corrected chi connectivity index (χ4v) is 3.89. The summed E-state index contributed by atoms with van der Waals surface area (Å²) in [4.78, 5) is 12.1. The lowest BCUT2D eigenvalue weighted by molar-refractivity contribution is -0.115. The Labute approximate surface area is 141 Å². The van der Waals surface area contributed by atoms with Gasteiger partial charge in [-0.2, -0.15) is 0 Å². The van der Waals surface area contributed by atoms with E-state index in [1.807, 2.05) is 0 Å². The third-order valence-electron chi connectivity index (χ3n) is 5.03. The van der Waals surface area contributed by atoms with Crippen LogP contribution in [0.4, 0.5) is 4.39 Å². The highest BCUT2D eigenvalue weighted by Gasteiger charge is 2.26. The molecule has 2 aromatic rings. The predicted octanol–water partition coefficient (Wildman–Crippen LogP) is 3.91. The number of fused-ring (bicyclic) bond motifs is 1. The molecule has 2 aromatic carbocycles. The quantitative estimate of drug-likeness (QED) is 0.928. The minimum Gasteiger partial charge on any atom is -0.385 e. The molecule has 0 aromatic heterocycles. The molecule has 0 saturated heterocycles. The summed E-state index contributed by atoms with van der Waals surface area (Å²) in [6.07, 6.45) is 5.07. The Morgan fingerprint density at radius 3 is 2.21 bits per heavy atom. The van der Waals surface area contributed by atoms with Gasteiger partial charge in [-0.25, -0.2) is 4.39 Å². The molecule has 0 saturated carbocycles. The summed E-state index contributed by atoms with van der Waals surface area (Å²) in [5.74, 6) is 0.0430. The van der Waals surface area contributed by atoms with E-state index in [4.69, 9.17) is 0 Å². The summed E-state index contributed by atoms with van der Waals surface area (Å²) in [5, 5.41) is 3.57. The van der Waals surface area contributed by atoms with Gasteiger partial charge in [-0.1, -0.05) is 36.4 Å². The van der Waals surface area contributed by atoms with Crippen LogP contribution in [0.15, 0.2) is 60.3 Å². The van der Waals surface area contributed by atoms with Crippen LogP contribution in [0.3, 0.4) is 0 Å². The molecule has 4 rings (SSSR count). The highest BCUT2D eigenvalue weighted by Crippen LogP contribution is 2.32. The smallest absolute Gasteiger partial charge is 0.158 e. The Morgan fingerprint density at radius 1 is 0.875 bits per heavy atom. The van der Waals surface area contributed by atoms with Crippen molar-refractivity contribution >= 4 is 5.78 Å². The van der Waals surface area contributed by atoms with Crippen LogP contribution in [0, 0.1) is 5.82 Å². The van der Waals surface area contributed by atoms with E-state index < -0.39 is 0 Å². The van der Waals surface area contributed by atoms with Gasteiger partial charge >= 0.3 is 0 Å². The number of hydrogen-bond acceptors (Lipinski definition) is 2. The van der Waals surface area contributed by atoms with Crippen molar-refractivity contribution in [3.63, 3.8) is 0 Å². The van der Waals surface area contributed by atoms with Gasteiger partial charge in [0, 0.05) is 24.2 Å². The number of carbonyl (C=O) groups is 1. The van der Waals surface area contributed by atoms with Crippen molar-refractivity contribution in [1.82, 2.24) is 5.32 Å². The largest absolute Gasteiger partial charge is 0.385 e. The highest BCUT2D eigenvalue weighted by atomic mass is 19.1. The topological polar surface area (TPSA) is 29.1 Å². The summed E-state index contributed by atoms with van der Waals surface area (Å²) in [5.41, 5.74) is 4.84. The van der Waals surface area contributed by atoms with Crippen molar-refractivity contribution in [2.45, 2.75) is 37.6 Å². The van der Waals surface area contributed by atoms with Crippen LogP contribution < -0.4 is 5.32 Å². The first-order valence-electron chi connectivity index (χ1n) is 8.49. The summed E-state index contributed by atoms with van der Waals surface area (Å²) in [6, 6.07) is 15.4. The monoisotopic (exact) mass is 321 g/mol. The molecule has 0 fully saturated rings. The second-order valence-corrected chi connectivity index (χ2v) is 6.81. The first kappa shape index (κ1) is 15.1. The van der Waals surface area contributed by atoms with E-state index in [0.29, 0.717) is 12.5 Å². The number of rotatable bonds is 3. The van der Waals surface area contributed by atoms with Crippen LogP contribution in [0.25, 0.3) is 0 Å². The van der Waals surface area contributed by atoms with Crippen molar-refractivity contribution in [1.29, 1.82) is 0 Å². The van der Waals surface area contributed by atoms with E-state index in [0.717, 1.165) is 30.5 Å². The van der Waals surface area contributed by atoms with E-state index in [2.05, 4.69) is 29.6 Å². The Bertz CT molecular complexity index is 769. The van der Waals surface area contributed by atoms with Crippen LogP contribution in [0.5, 0.6) is 0 Å². The zero-order valence-corrected chi connectivity index (χ0v) is 13.5. The van der Waals surface area contributed by atoms with Gasteiger partial charge in [-0.15, -0.1) is 0 Å². The Kier molecular flexibility index (Phi) is 3.93. The summed E-state index contributed by atoms with van der Waals surface area (Å²) >= 11 is 0. The molecule has 1 atom stereocenters. The lowest BCUT2D eigenvalue weighted by Gasteiger charge is -2.25. The average Bonchev–Trinajstić information content (AvgIpc) is 2.97. The highest BCUT2D eigenvalue weighted by molar-refractivity contribution is 5.92. The second kappa shape index (κ2) is 6.23. The van der Waals surface area contributed by atoms with Crippen molar-refractivity contribution in [2.75, 3.05) is 0 Å². The van der Waals surface area contributed by atoms with Crippen molar-refractivity contribution in [3.05, 3.63) is 82.8 Å². The third kappa shape index (κ3) is 3.12. The zero-order valence-electron chi connectivity index (χ0n) is 13.5. The molecule has 2 nitrogen and oxygen atoms in total. The first-order chi connectivity index (χ1) is 11.7. The van der Waals surface area contributed by atoms with Gasteiger partial charge in [-0.05, 0) is 54.0 Å². The van der Waals surface area contributed by atoms with Crippen LogP contribution in [-0.2, 0) is 17.6 Å². The molecule has 3 heteroatoms. The number of hydrogen-bond donors (Lipinski definition) is 1. The van der Waals surface area contributed by atoms with E-state index in [9.17, 15) is 9.18 Å². The minimum atomic E-state index is -0.238. The van der Waals surface area contributed by atoms with Crippen LogP contribution >= 0.6 is 0 Å². The molecule has 0 amide bonds. The molecule has 122 valence electrons. The summed E-state index contributed by atoms with van der Waals surface area (Å²) in [6.45, 7) is 0. The fourth-order valence-electron chi connectivity index (χ4n) is 3.89. The van der Waals surface area contributed by atoms with Crippen LogP contribution in [-0.4, -0.2) is 11.8 Å². The van der Waals surface area contributed by atoms with Gasteiger partial charge in [0.1, 0.15) is 5.82 Å². The molecule has 0 aliphatic heterocycles. The molecule has 0 bridgehead atoms. The molecule has 1 unspecified atom stereocenters. The van der Waals surface area contributed by atoms with Gasteiger partial charge in [0.2, 0.25) is 0 Å². The molecule has 1 N–H and O–H groups in total. The number of benzene rings is 2. The molecular formula is C21H20FNO. The standard InChI is InChI=1S/C21H20FNO/c22-18-7-5-14(6-8-18)17-11-20(13-21(24)12-17)23-19-9-15-3-1-2-4-16(15)10-19/h1-8,13,17,19,23H,9-12H2. The fraction of sp³-hybridized carbons (Fsp3) is 0.286. The molecular weight excluding hydrogens is 301 g/mol.